The van der Waals surface area contributed by atoms with E-state index in [0.717, 1.165) is 0 Å². The fourth-order valence-corrected chi connectivity index (χ4v) is 40.0. The van der Waals surface area contributed by atoms with Gasteiger partial charge in [0.2, 0.25) is 16.6 Å². The molecule has 0 unspecified atom stereocenters. The van der Waals surface area contributed by atoms with Crippen molar-refractivity contribution in [2.75, 3.05) is 174 Å². The molecule has 0 aromatic carbocycles. The summed E-state index contributed by atoms with van der Waals surface area (Å²) in [7, 11) is -10.9. The van der Waals surface area contributed by atoms with Crippen molar-refractivity contribution < 1.29 is 135 Å². The summed E-state index contributed by atoms with van der Waals surface area (Å²) < 4.78 is 177. The highest BCUT2D eigenvalue weighted by Gasteiger charge is 2.62. The van der Waals surface area contributed by atoms with E-state index in [0.29, 0.717) is 0 Å². The van der Waals surface area contributed by atoms with Gasteiger partial charge < -0.3 is 135 Å². The molecular weight excluding hydrogens is 1220 g/mol. The maximum Gasteiger partial charge on any atom is 0.671 e. The summed E-state index contributed by atoms with van der Waals surface area (Å²) in [5, 5.41) is 0. The first-order valence-corrected chi connectivity index (χ1v) is 47.1. The van der Waals surface area contributed by atoms with Crippen LogP contribution in [0.3, 0.4) is 0 Å². The average Bonchev–Trinajstić information content (AvgIpc) is 3.43. The van der Waals surface area contributed by atoms with E-state index in [-0.39, 0.29) is 24.9 Å². The lowest BCUT2D eigenvalue weighted by atomic mass is 11.7. The minimum Gasteiger partial charge on any atom is -0.413 e. The van der Waals surface area contributed by atoms with Gasteiger partial charge in [0.05, 0.1) is 18.7 Å². The Balaban J connectivity index is 0. The molecule has 0 saturated heterocycles. The summed E-state index contributed by atoms with van der Waals surface area (Å²) in [5.74, 6) is 0. The third-order valence-electron chi connectivity index (χ3n) is 10.1. The molecule has 75 heavy (non-hydrogen) atoms. The van der Waals surface area contributed by atoms with Crippen LogP contribution in [-0.4, -0.2) is 280 Å². The topological polar surface area (TPSA) is 286 Å². The molecule has 0 atom stereocenters. The fraction of sp³-hybridized carbons (Fsp3) is 1.00. The van der Waals surface area contributed by atoms with E-state index in [9.17, 15) is 0 Å². The van der Waals surface area contributed by atoms with Crippen LogP contribution >= 0.6 is 0 Å². The van der Waals surface area contributed by atoms with Crippen LogP contribution in [-0.2, 0) is 135 Å². The summed E-state index contributed by atoms with van der Waals surface area (Å²) in [5.41, 5.74) is 0. The van der Waals surface area contributed by atoms with Crippen molar-refractivity contribution in [3.63, 3.8) is 0 Å². The first-order valence-electron chi connectivity index (χ1n) is 22.2. The second-order valence-electron chi connectivity index (χ2n) is 16.1. The molecule has 0 aliphatic carbocycles. The van der Waals surface area contributed by atoms with E-state index in [1.54, 1.807) is 19.6 Å². The van der Waals surface area contributed by atoms with E-state index in [2.05, 4.69) is 0 Å². The molecule has 0 aliphatic heterocycles. The van der Waals surface area contributed by atoms with Gasteiger partial charge in [-0.25, -0.2) is 0 Å². The number of hydrogen-bond donors (Lipinski definition) is 0. The zero-order valence-electron chi connectivity index (χ0n) is 49.5. The van der Waals surface area contributed by atoms with Gasteiger partial charge in [-0.2, -0.15) is 0 Å². The smallest absolute Gasteiger partial charge is 0.413 e. The Kier molecular flexibility index (Phi) is 37.1. The Labute approximate surface area is 459 Å². The highest BCUT2D eigenvalue weighted by atomic mass is 28.5. The van der Waals surface area contributed by atoms with Gasteiger partial charge in [0.1, 0.15) is 6.23 Å². The highest BCUT2D eigenvalue weighted by molar-refractivity contribution is 6.83. The molecule has 0 aromatic heterocycles. The Morgan fingerprint density at radius 2 is 0.387 bits per heavy atom. The molecule has 0 saturated carbocycles. The normalized spacial score (nSPS) is 14.4. The van der Waals surface area contributed by atoms with Crippen LogP contribution in [0.5, 0.6) is 0 Å². The summed E-state index contributed by atoms with van der Waals surface area (Å²) in [6.45, 7) is 12.7. The van der Waals surface area contributed by atoms with Crippen LogP contribution in [0.4, 0.5) is 0 Å². The Morgan fingerprint density at radius 3 is 0.573 bits per heavy atom. The van der Waals surface area contributed by atoms with Gasteiger partial charge in [0, 0.05) is 162 Å². The van der Waals surface area contributed by atoms with Crippen molar-refractivity contribution in [1.82, 2.24) is 0 Å². The number of rotatable bonds is 45. The summed E-state index contributed by atoms with van der Waals surface area (Å²) in [6, 6.07) is 0. The molecule has 0 heterocycles. The van der Waals surface area contributed by atoms with Crippen LogP contribution in [0, 0.1) is 0 Å². The van der Waals surface area contributed by atoms with Crippen LogP contribution in [0.1, 0.15) is 0 Å². The predicted molar refractivity (Wildman–Crippen MR) is 288 cm³/mol. The minimum atomic E-state index is -3.77. The van der Waals surface area contributed by atoms with Crippen LogP contribution in [0.2, 0.25) is 45.8 Å². The Morgan fingerprint density at radius 1 is 0.200 bits per heavy atom. The monoisotopic (exact) mass is 1310 g/mol. The minimum absolute atomic E-state index is 0.0367. The predicted octanol–water partition coefficient (Wildman–Crippen LogP) is 1.04. The van der Waals surface area contributed by atoms with E-state index in [4.69, 9.17) is 135 Å². The number of hydrogen-bond acceptors (Lipinski definition) is 31. The summed E-state index contributed by atoms with van der Waals surface area (Å²) >= 11 is 0. The highest BCUT2D eigenvalue weighted by Crippen LogP contribution is 2.29. The van der Waals surface area contributed by atoms with Crippen molar-refractivity contribution in [3.8, 4) is 0 Å². The van der Waals surface area contributed by atoms with Crippen molar-refractivity contribution in [3.05, 3.63) is 0 Å². The van der Waals surface area contributed by atoms with E-state index >= 15 is 0 Å². The first-order chi connectivity index (χ1) is 34.8. The second-order valence-corrected chi connectivity index (χ2v) is 52.0. The second kappa shape index (κ2) is 35.5. The summed E-state index contributed by atoms with van der Waals surface area (Å²) in [6.07, 6.45) is 0.372. The molecule has 0 aliphatic rings. The van der Waals surface area contributed by atoms with Gasteiger partial charge in [-0.1, -0.05) is 0 Å². The molecule has 0 bridgehead atoms. The third kappa shape index (κ3) is 24.6. The van der Waals surface area contributed by atoms with Crippen LogP contribution in [0.25, 0.3) is 0 Å². The molecule has 0 aromatic rings. The molecule has 0 amide bonds. The average molecular weight is 1310 g/mol. The quantitative estimate of drug-likeness (QED) is 0.0770. The molecule has 31 nitrogen and oxygen atoms in total. The maximum atomic E-state index is 6.45. The SMILES string of the molecule is CO[Si](CO[Si](C)(C)CO[Si](C)(O[Si](OC)(OC)OC)O[Si](OC)(OC)OC)(OC)OC.CO[Si](OC)(OC)O[Si](C)(CO[Si](C)(C)CO[Si](C)(O[Si](OC)(OC)OC)O[Si](OC)(OC)OC)O[Si](OC)(OC)OC. The molecule has 0 rings (SSSR count). The largest absolute Gasteiger partial charge is 0.671 e. The maximum absolute atomic E-state index is 6.45. The standard InChI is InChI=1S/C18H52O18Si7.C14H40O13Si5/c1-19-40(20-2,21-3)33-38(15,34-41(22-4,23-5)24-6)18-31-37(13,14)17-32-39(16,35-42(25-7,26-8)27-9)36-43(28-10,29-11)30-12;1-15-30(16-2,17-3)14-24-28(10,11)13-25-29(12,26-31(18-4,19-5)20-6)27-32(21-7,22-8)23-9/h17-18H2,1-16H3;13-14H2,1-12H3. The van der Waals surface area contributed by atoms with Gasteiger partial charge in [0.15, 0.2) is 0 Å². The molecule has 0 N–H and O–H groups in total. The van der Waals surface area contributed by atoms with Gasteiger partial charge in [0.25, 0.3) is 0 Å². The van der Waals surface area contributed by atoms with Crippen molar-refractivity contribution in [2.24, 2.45) is 0 Å². The molecule has 0 radical (unpaired) electrons. The van der Waals surface area contributed by atoms with Gasteiger partial charge in [-0.15, -0.1) is 0 Å². The van der Waals surface area contributed by atoms with Crippen LogP contribution in [0.15, 0.2) is 0 Å². The lowest BCUT2D eigenvalue weighted by molar-refractivity contribution is -0.0117. The van der Waals surface area contributed by atoms with E-state index in [1.807, 2.05) is 26.2 Å². The molecule has 454 valence electrons. The Bertz CT molecular complexity index is 1310. The van der Waals surface area contributed by atoms with Crippen LogP contribution < -0.4 is 0 Å². The molecular formula is C32H92O31Si12. The zero-order valence-corrected chi connectivity index (χ0v) is 61.5. The van der Waals surface area contributed by atoms with Crippen molar-refractivity contribution >= 4 is 106 Å². The third-order valence-corrected chi connectivity index (χ3v) is 43.5. The lowest BCUT2D eigenvalue weighted by Crippen LogP contribution is -2.66. The van der Waals surface area contributed by atoms with Crippen molar-refractivity contribution in [2.45, 2.75) is 45.8 Å². The summed E-state index contributed by atoms with van der Waals surface area (Å²) in [4.78, 5) is 0. The molecule has 0 fully saturated rings. The zero-order chi connectivity index (χ0) is 58.7. The fourth-order valence-electron chi connectivity index (χ4n) is 5.66. The first kappa shape index (κ1) is 78.4. The Hall–Kier alpha value is 1.36. The van der Waals surface area contributed by atoms with Gasteiger partial charge in [-0.3, -0.25) is 0 Å². The molecule has 43 heteroatoms. The van der Waals surface area contributed by atoms with E-state index < -0.39 is 106 Å². The lowest BCUT2D eigenvalue weighted by Gasteiger charge is -2.40. The van der Waals surface area contributed by atoms with E-state index in [1.165, 1.54) is 149 Å². The molecule has 0 spiro atoms. The van der Waals surface area contributed by atoms with Gasteiger partial charge in [-0.05, 0) is 32.7 Å². The van der Waals surface area contributed by atoms with Gasteiger partial charge >= 0.3 is 89.3 Å². The van der Waals surface area contributed by atoms with Crippen molar-refractivity contribution in [1.29, 1.82) is 0 Å².